The van der Waals surface area contributed by atoms with Gasteiger partial charge in [0, 0.05) is 16.8 Å². The van der Waals surface area contributed by atoms with Crippen LogP contribution in [0.2, 0.25) is 0 Å². The van der Waals surface area contributed by atoms with Gasteiger partial charge < -0.3 is 4.74 Å². The first-order chi connectivity index (χ1) is 7.28. The zero-order valence-electron chi connectivity index (χ0n) is 8.93. The normalized spacial score (nSPS) is 10.5. The zero-order chi connectivity index (χ0) is 10.7. The van der Waals surface area contributed by atoms with Crippen LogP contribution in [0.4, 0.5) is 0 Å². The summed E-state index contributed by atoms with van der Waals surface area (Å²) in [5.41, 5.74) is 0. The first kappa shape index (κ1) is 10.2. The fourth-order valence-corrected chi connectivity index (χ4v) is 2.19. The van der Waals surface area contributed by atoms with Crippen LogP contribution in [-0.2, 0) is 20.1 Å². The van der Waals surface area contributed by atoms with Gasteiger partial charge in [-0.15, -0.1) is 11.3 Å². The van der Waals surface area contributed by atoms with Gasteiger partial charge in [0.25, 0.3) is 0 Å². The number of hydrogen-bond donors (Lipinski definition) is 0. The van der Waals surface area contributed by atoms with Crippen molar-refractivity contribution in [3.63, 3.8) is 0 Å². The zero-order valence-corrected chi connectivity index (χ0v) is 9.75. The third-order valence-corrected chi connectivity index (χ3v) is 3.33. The van der Waals surface area contributed by atoms with Crippen LogP contribution < -0.4 is 4.74 Å². The van der Waals surface area contributed by atoms with Crippen LogP contribution >= 0.6 is 11.3 Å². The van der Waals surface area contributed by atoms with Crippen molar-refractivity contribution in [2.24, 2.45) is 7.05 Å². The molecule has 0 fully saturated rings. The molecule has 0 bridgehead atoms. The molecule has 2 aromatic rings. The molecule has 0 amide bonds. The molecule has 0 saturated carbocycles. The number of ether oxygens (including phenoxy) is 1. The highest BCUT2D eigenvalue weighted by Gasteiger charge is 2.01. The molecule has 4 heteroatoms. The van der Waals surface area contributed by atoms with E-state index in [4.69, 9.17) is 4.74 Å². The third kappa shape index (κ3) is 2.59. The second-order valence-corrected chi connectivity index (χ2v) is 4.61. The number of aromatic nitrogens is 2. The van der Waals surface area contributed by atoms with E-state index >= 15 is 0 Å². The van der Waals surface area contributed by atoms with E-state index in [1.807, 2.05) is 13.2 Å². The molecule has 0 spiro atoms. The van der Waals surface area contributed by atoms with Crippen LogP contribution in [0.25, 0.3) is 0 Å². The van der Waals surface area contributed by atoms with E-state index in [1.165, 1.54) is 9.75 Å². The first-order valence-corrected chi connectivity index (χ1v) is 5.78. The van der Waals surface area contributed by atoms with Gasteiger partial charge in [-0.3, -0.25) is 4.68 Å². The van der Waals surface area contributed by atoms with Gasteiger partial charge in [0.15, 0.2) is 5.75 Å². The Balaban J connectivity index is 1.93. The van der Waals surface area contributed by atoms with Gasteiger partial charge >= 0.3 is 0 Å². The van der Waals surface area contributed by atoms with Crippen LogP contribution in [0.5, 0.6) is 5.75 Å². The summed E-state index contributed by atoms with van der Waals surface area (Å²) in [5, 5.41) is 4.05. The minimum Gasteiger partial charge on any atom is -0.485 e. The Morgan fingerprint density at radius 1 is 1.40 bits per heavy atom. The lowest BCUT2D eigenvalue weighted by atomic mass is 10.4. The Morgan fingerprint density at radius 3 is 2.80 bits per heavy atom. The molecule has 0 aliphatic carbocycles. The first-order valence-electron chi connectivity index (χ1n) is 4.97. The average molecular weight is 222 g/mol. The molecule has 15 heavy (non-hydrogen) atoms. The Labute approximate surface area is 93.3 Å². The van der Waals surface area contributed by atoms with Crippen molar-refractivity contribution in [3.8, 4) is 5.75 Å². The SMILES string of the molecule is CCc1ccc(COc2cnn(C)c2)s1. The molecule has 0 radical (unpaired) electrons. The van der Waals surface area contributed by atoms with Crippen molar-refractivity contribution in [2.75, 3.05) is 0 Å². The molecule has 0 unspecified atom stereocenters. The molecule has 2 rings (SSSR count). The maximum atomic E-state index is 5.60. The second-order valence-electron chi connectivity index (χ2n) is 3.36. The summed E-state index contributed by atoms with van der Waals surface area (Å²) < 4.78 is 7.34. The summed E-state index contributed by atoms with van der Waals surface area (Å²) in [6.45, 7) is 2.80. The maximum absolute atomic E-state index is 5.60. The Morgan fingerprint density at radius 2 is 2.20 bits per heavy atom. The molecule has 0 aromatic carbocycles. The number of hydrogen-bond acceptors (Lipinski definition) is 3. The molecule has 2 heterocycles. The van der Waals surface area contributed by atoms with Gasteiger partial charge in [-0.05, 0) is 18.6 Å². The summed E-state index contributed by atoms with van der Waals surface area (Å²) in [6.07, 6.45) is 4.69. The fourth-order valence-electron chi connectivity index (χ4n) is 1.32. The van der Waals surface area contributed by atoms with E-state index in [2.05, 4.69) is 24.2 Å². The van der Waals surface area contributed by atoms with Crippen molar-refractivity contribution in [3.05, 3.63) is 34.3 Å². The van der Waals surface area contributed by atoms with E-state index in [0.29, 0.717) is 6.61 Å². The van der Waals surface area contributed by atoms with Crippen molar-refractivity contribution < 1.29 is 4.74 Å². The molecule has 0 aliphatic heterocycles. The molecular formula is C11H14N2OS. The van der Waals surface area contributed by atoms with Crippen molar-refractivity contribution in [1.82, 2.24) is 9.78 Å². The van der Waals surface area contributed by atoms with Crippen LogP contribution in [0, 0.1) is 0 Å². The number of rotatable bonds is 4. The van der Waals surface area contributed by atoms with Crippen molar-refractivity contribution >= 4 is 11.3 Å². The van der Waals surface area contributed by atoms with Gasteiger partial charge in [-0.1, -0.05) is 6.92 Å². The topological polar surface area (TPSA) is 27.1 Å². The monoisotopic (exact) mass is 222 g/mol. The summed E-state index contributed by atoms with van der Waals surface area (Å²) in [7, 11) is 1.88. The lowest BCUT2D eigenvalue weighted by Gasteiger charge is -1.99. The molecule has 3 nitrogen and oxygen atoms in total. The highest BCUT2D eigenvalue weighted by atomic mass is 32.1. The minimum absolute atomic E-state index is 0.635. The minimum atomic E-state index is 0.635. The van der Waals surface area contributed by atoms with Gasteiger partial charge in [0.1, 0.15) is 6.61 Å². The smallest absolute Gasteiger partial charge is 0.157 e. The van der Waals surface area contributed by atoms with E-state index in [0.717, 1.165) is 12.2 Å². The molecule has 0 N–H and O–H groups in total. The fraction of sp³-hybridized carbons (Fsp3) is 0.364. The number of aryl methyl sites for hydroxylation is 2. The van der Waals surface area contributed by atoms with Crippen LogP contribution in [-0.4, -0.2) is 9.78 Å². The van der Waals surface area contributed by atoms with Gasteiger partial charge in [0.2, 0.25) is 0 Å². The highest BCUT2D eigenvalue weighted by Crippen LogP contribution is 2.19. The van der Waals surface area contributed by atoms with Gasteiger partial charge in [-0.25, -0.2) is 0 Å². The van der Waals surface area contributed by atoms with E-state index in [-0.39, 0.29) is 0 Å². The second kappa shape index (κ2) is 4.49. The summed E-state index contributed by atoms with van der Waals surface area (Å²) in [5.74, 6) is 0.823. The lowest BCUT2D eigenvalue weighted by molar-refractivity contribution is 0.309. The Bertz CT molecular complexity index is 433. The summed E-state index contributed by atoms with van der Waals surface area (Å²) >= 11 is 1.81. The quantitative estimate of drug-likeness (QED) is 0.795. The number of nitrogens with zero attached hydrogens (tertiary/aromatic N) is 2. The summed E-state index contributed by atoms with van der Waals surface area (Å²) in [4.78, 5) is 2.66. The molecule has 80 valence electrons. The standard InChI is InChI=1S/C11H14N2OS/c1-3-10-4-5-11(15-10)8-14-9-6-12-13(2)7-9/h4-7H,3,8H2,1-2H3. The van der Waals surface area contributed by atoms with Crippen LogP contribution in [0.15, 0.2) is 24.5 Å². The third-order valence-electron chi connectivity index (χ3n) is 2.13. The largest absolute Gasteiger partial charge is 0.485 e. The lowest BCUT2D eigenvalue weighted by Crippen LogP contribution is -1.91. The summed E-state index contributed by atoms with van der Waals surface area (Å²) in [6, 6.07) is 4.28. The Kier molecular flexibility index (Phi) is 3.06. The highest BCUT2D eigenvalue weighted by molar-refractivity contribution is 7.11. The predicted molar refractivity (Wildman–Crippen MR) is 61.2 cm³/mol. The molecule has 2 aromatic heterocycles. The molecule has 0 aliphatic rings. The Hall–Kier alpha value is -1.29. The molecule has 0 atom stereocenters. The van der Waals surface area contributed by atoms with Crippen molar-refractivity contribution in [2.45, 2.75) is 20.0 Å². The van der Waals surface area contributed by atoms with E-state index < -0.39 is 0 Å². The molecular weight excluding hydrogens is 208 g/mol. The number of thiophene rings is 1. The van der Waals surface area contributed by atoms with Crippen LogP contribution in [0.1, 0.15) is 16.7 Å². The van der Waals surface area contributed by atoms with Gasteiger partial charge in [-0.2, -0.15) is 5.10 Å². The molecule has 0 saturated heterocycles. The van der Waals surface area contributed by atoms with Crippen molar-refractivity contribution in [1.29, 1.82) is 0 Å². The predicted octanol–water partition coefficient (Wildman–Crippen LogP) is 2.62. The van der Waals surface area contributed by atoms with E-state index in [1.54, 1.807) is 22.2 Å². The van der Waals surface area contributed by atoms with E-state index in [9.17, 15) is 0 Å². The maximum Gasteiger partial charge on any atom is 0.157 e. The average Bonchev–Trinajstić information content (AvgIpc) is 2.83. The van der Waals surface area contributed by atoms with Gasteiger partial charge in [0.05, 0.1) is 12.4 Å². The van der Waals surface area contributed by atoms with Crippen LogP contribution in [0.3, 0.4) is 0 Å².